The maximum absolute atomic E-state index is 11.0. The van der Waals surface area contributed by atoms with Crippen molar-refractivity contribution in [2.75, 3.05) is 7.11 Å². The van der Waals surface area contributed by atoms with Crippen LogP contribution >= 0.6 is 0 Å². The highest BCUT2D eigenvalue weighted by Crippen LogP contribution is 1.99. The summed E-state index contributed by atoms with van der Waals surface area (Å²) in [6, 6.07) is 0. The number of carbonyl (C=O) groups is 1. The van der Waals surface area contributed by atoms with Crippen molar-refractivity contribution in [3.63, 3.8) is 0 Å². The molecule has 0 spiro atoms. The van der Waals surface area contributed by atoms with Crippen LogP contribution in [0.5, 0.6) is 0 Å². The Morgan fingerprint density at radius 1 is 1.67 bits per heavy atom. The largest absolute Gasteiger partial charge is 0.465 e. The molecule has 1 N–H and O–H groups in total. The molecule has 0 saturated heterocycles. The van der Waals surface area contributed by atoms with E-state index in [1.54, 1.807) is 6.92 Å². The molecule has 64 valence electrons. The lowest BCUT2D eigenvalue weighted by Gasteiger charge is -1.99. The number of esters is 1. The van der Waals surface area contributed by atoms with Gasteiger partial charge in [-0.1, -0.05) is 0 Å². The van der Waals surface area contributed by atoms with Crippen molar-refractivity contribution < 1.29 is 9.53 Å². The van der Waals surface area contributed by atoms with Crippen LogP contribution in [0.4, 0.5) is 0 Å². The van der Waals surface area contributed by atoms with Crippen LogP contribution < -0.4 is 5.56 Å². The second-order valence-electron chi connectivity index (χ2n) is 2.25. The highest BCUT2D eigenvalue weighted by atomic mass is 16.5. The number of aromatic amines is 1. The number of hydrogen-bond acceptors (Lipinski definition) is 4. The van der Waals surface area contributed by atoms with Gasteiger partial charge in [-0.3, -0.25) is 4.79 Å². The Balaban J connectivity index is 3.31. The van der Waals surface area contributed by atoms with E-state index in [-0.39, 0.29) is 5.56 Å². The van der Waals surface area contributed by atoms with Gasteiger partial charge in [0.05, 0.1) is 13.3 Å². The van der Waals surface area contributed by atoms with Crippen LogP contribution in [0.1, 0.15) is 15.9 Å². The van der Waals surface area contributed by atoms with Gasteiger partial charge < -0.3 is 4.74 Å². The van der Waals surface area contributed by atoms with Gasteiger partial charge in [-0.25, -0.2) is 9.89 Å². The number of carbonyl (C=O) groups excluding carboxylic acids is 1. The molecule has 5 nitrogen and oxygen atoms in total. The lowest BCUT2D eigenvalue weighted by Crippen LogP contribution is -2.21. The molecule has 0 atom stereocenters. The normalized spacial score (nSPS) is 9.50. The first-order valence-electron chi connectivity index (χ1n) is 3.29. The van der Waals surface area contributed by atoms with E-state index in [0.29, 0.717) is 5.56 Å². The third kappa shape index (κ3) is 1.34. The summed E-state index contributed by atoms with van der Waals surface area (Å²) in [7, 11) is 1.22. The monoisotopic (exact) mass is 168 g/mol. The lowest BCUT2D eigenvalue weighted by molar-refractivity contribution is 0.0597. The second kappa shape index (κ2) is 3.17. The van der Waals surface area contributed by atoms with Gasteiger partial charge in [-0.15, -0.1) is 0 Å². The first-order valence-corrected chi connectivity index (χ1v) is 3.29. The summed E-state index contributed by atoms with van der Waals surface area (Å²) >= 11 is 0. The maximum atomic E-state index is 11.0. The fourth-order valence-corrected chi connectivity index (χ4v) is 0.843. The molecule has 0 fully saturated rings. The Bertz CT molecular complexity index is 356. The molecule has 0 aliphatic rings. The fraction of sp³-hybridized carbons (Fsp3) is 0.286. The summed E-state index contributed by atoms with van der Waals surface area (Å²) in [4.78, 5) is 22.0. The number of aryl methyl sites for hydroxylation is 1. The van der Waals surface area contributed by atoms with Gasteiger partial charge in [0.25, 0.3) is 5.56 Å². The minimum absolute atomic E-state index is 0.00694. The third-order valence-corrected chi connectivity index (χ3v) is 1.44. The van der Waals surface area contributed by atoms with Crippen LogP contribution in [0, 0.1) is 6.92 Å². The number of methoxy groups -OCH3 is 1. The number of aromatic nitrogens is 2. The van der Waals surface area contributed by atoms with E-state index in [4.69, 9.17) is 0 Å². The molecule has 0 aliphatic heterocycles. The first kappa shape index (κ1) is 8.45. The average molecular weight is 168 g/mol. The molecule has 1 heterocycles. The van der Waals surface area contributed by atoms with Crippen LogP contribution in [0.2, 0.25) is 0 Å². The van der Waals surface area contributed by atoms with Crippen LogP contribution in [0.15, 0.2) is 11.0 Å². The molecule has 0 unspecified atom stereocenters. The zero-order valence-corrected chi connectivity index (χ0v) is 6.75. The topological polar surface area (TPSA) is 72.0 Å². The third-order valence-electron chi connectivity index (χ3n) is 1.44. The standard InChI is InChI=1S/C7H8N2O3/c1-4-3-8-9-6(10)5(4)7(11)12-2/h3H,1-2H3,(H,9,10). The number of rotatable bonds is 1. The smallest absolute Gasteiger partial charge is 0.343 e. The van der Waals surface area contributed by atoms with Crippen LogP contribution in [-0.2, 0) is 4.74 Å². The zero-order valence-electron chi connectivity index (χ0n) is 6.75. The van der Waals surface area contributed by atoms with E-state index in [9.17, 15) is 9.59 Å². The molecule has 1 aromatic heterocycles. The number of nitrogens with zero attached hydrogens (tertiary/aromatic N) is 1. The van der Waals surface area contributed by atoms with Gasteiger partial charge in [0.15, 0.2) is 0 Å². The molecule has 0 aliphatic carbocycles. The summed E-state index contributed by atoms with van der Waals surface area (Å²) in [6.07, 6.45) is 1.40. The molecule has 5 heteroatoms. The van der Waals surface area contributed by atoms with Crippen molar-refractivity contribution in [1.82, 2.24) is 10.2 Å². The minimum atomic E-state index is -0.642. The molecule has 1 aromatic rings. The Morgan fingerprint density at radius 3 is 2.83 bits per heavy atom. The quantitative estimate of drug-likeness (QED) is 0.592. The van der Waals surface area contributed by atoms with Crippen molar-refractivity contribution in [3.05, 3.63) is 27.7 Å². The molecule has 0 bridgehead atoms. The van der Waals surface area contributed by atoms with Crippen LogP contribution in [0.25, 0.3) is 0 Å². The molecule has 0 radical (unpaired) electrons. The summed E-state index contributed by atoms with van der Waals surface area (Å²) in [6.45, 7) is 1.62. The van der Waals surface area contributed by atoms with E-state index in [1.165, 1.54) is 13.3 Å². The van der Waals surface area contributed by atoms with Gasteiger partial charge in [0, 0.05) is 0 Å². The van der Waals surface area contributed by atoms with E-state index in [0.717, 1.165) is 0 Å². The first-order chi connectivity index (χ1) is 5.66. The molecule has 12 heavy (non-hydrogen) atoms. The summed E-state index contributed by atoms with van der Waals surface area (Å²) < 4.78 is 4.41. The number of H-pyrrole nitrogens is 1. The second-order valence-corrected chi connectivity index (χ2v) is 2.25. The number of hydrogen-bond donors (Lipinski definition) is 1. The van der Waals surface area contributed by atoms with Crippen molar-refractivity contribution in [2.24, 2.45) is 0 Å². The Hall–Kier alpha value is -1.65. The van der Waals surface area contributed by atoms with E-state index < -0.39 is 11.5 Å². The summed E-state index contributed by atoms with van der Waals surface area (Å²) in [5, 5.41) is 5.67. The average Bonchev–Trinajstić information content (AvgIpc) is 2.03. The van der Waals surface area contributed by atoms with Gasteiger partial charge >= 0.3 is 5.97 Å². The van der Waals surface area contributed by atoms with Gasteiger partial charge in [0.1, 0.15) is 5.56 Å². The number of nitrogens with one attached hydrogen (secondary N) is 1. The van der Waals surface area contributed by atoms with Gasteiger partial charge in [-0.05, 0) is 12.5 Å². The number of ether oxygens (including phenoxy) is 1. The lowest BCUT2D eigenvalue weighted by atomic mass is 10.2. The minimum Gasteiger partial charge on any atom is -0.465 e. The van der Waals surface area contributed by atoms with Crippen molar-refractivity contribution in [2.45, 2.75) is 6.92 Å². The predicted octanol–water partition coefficient (Wildman–Crippen LogP) is -0.135. The van der Waals surface area contributed by atoms with Crippen LogP contribution in [0.3, 0.4) is 0 Å². The van der Waals surface area contributed by atoms with E-state index in [2.05, 4.69) is 14.9 Å². The summed E-state index contributed by atoms with van der Waals surface area (Å²) in [5.74, 6) is -0.642. The Kier molecular flexibility index (Phi) is 2.23. The van der Waals surface area contributed by atoms with E-state index >= 15 is 0 Å². The van der Waals surface area contributed by atoms with Gasteiger partial charge in [0.2, 0.25) is 0 Å². The fourth-order valence-electron chi connectivity index (χ4n) is 0.843. The SMILES string of the molecule is COC(=O)c1c(C)cn[nH]c1=O. The predicted molar refractivity (Wildman–Crippen MR) is 40.9 cm³/mol. The highest BCUT2D eigenvalue weighted by molar-refractivity contribution is 5.90. The molecule has 1 rings (SSSR count). The maximum Gasteiger partial charge on any atom is 0.343 e. The van der Waals surface area contributed by atoms with Gasteiger partial charge in [-0.2, -0.15) is 5.10 Å². The van der Waals surface area contributed by atoms with Crippen LogP contribution in [-0.4, -0.2) is 23.3 Å². The highest BCUT2D eigenvalue weighted by Gasteiger charge is 2.13. The van der Waals surface area contributed by atoms with Crippen molar-refractivity contribution in [1.29, 1.82) is 0 Å². The van der Waals surface area contributed by atoms with Crippen molar-refractivity contribution in [3.8, 4) is 0 Å². The summed E-state index contributed by atoms with van der Waals surface area (Å²) in [5.41, 5.74) is -0.0139. The Labute approximate surface area is 68.4 Å². The molecule has 0 aromatic carbocycles. The molecule has 0 amide bonds. The molecular weight excluding hydrogens is 160 g/mol. The molecular formula is C7H8N2O3. The molecule has 0 saturated carbocycles. The van der Waals surface area contributed by atoms with Crippen molar-refractivity contribution >= 4 is 5.97 Å². The zero-order chi connectivity index (χ0) is 9.14. The Morgan fingerprint density at radius 2 is 2.33 bits per heavy atom. The van der Waals surface area contributed by atoms with E-state index in [1.807, 2.05) is 0 Å².